The number of carbonyl (C=O) groups is 2. The molecule has 0 saturated carbocycles. The molecule has 0 aromatic carbocycles. The van der Waals surface area contributed by atoms with Gasteiger partial charge in [0.1, 0.15) is 23.3 Å². The van der Waals surface area contributed by atoms with Gasteiger partial charge in [0.25, 0.3) is 5.91 Å². The first-order valence-electron chi connectivity index (χ1n) is 9.97. The number of rotatable bonds is 5. The molecule has 0 bridgehead atoms. The highest BCUT2D eigenvalue weighted by Gasteiger charge is 2.33. The molecule has 4 heterocycles. The minimum atomic E-state index is -1.49. The van der Waals surface area contributed by atoms with Crippen LogP contribution in [0.5, 0.6) is 5.06 Å². The van der Waals surface area contributed by atoms with Gasteiger partial charge in [-0.1, -0.05) is 22.9 Å². The van der Waals surface area contributed by atoms with E-state index in [1.165, 1.54) is 18.6 Å². The maximum atomic E-state index is 15.0. The average Bonchev–Trinajstić information content (AvgIpc) is 3.31. The highest BCUT2D eigenvalue weighted by atomic mass is 35.5. The van der Waals surface area contributed by atoms with Crippen molar-refractivity contribution in [2.45, 2.75) is 32.5 Å². The van der Waals surface area contributed by atoms with Crippen LogP contribution in [0.2, 0.25) is 5.02 Å². The lowest BCUT2D eigenvalue weighted by Gasteiger charge is -2.34. The monoisotopic (exact) mass is 494 g/mol. The lowest BCUT2D eigenvalue weighted by molar-refractivity contribution is 0.0893. The number of alkyl halides is 1. The zero-order chi connectivity index (χ0) is 23.7. The molecule has 1 saturated heterocycles. The van der Waals surface area contributed by atoms with Gasteiger partial charge in [-0.25, -0.2) is 14.2 Å². The fourth-order valence-corrected chi connectivity index (χ4v) is 4.70. The van der Waals surface area contributed by atoms with E-state index in [0.717, 1.165) is 11.3 Å². The number of halogens is 2. The Bertz CT molecular complexity index is 1190. The molecular formula is C20H20ClFN6O4S. The van der Waals surface area contributed by atoms with E-state index >= 15 is 4.39 Å². The number of hydrogen-bond acceptors (Lipinski definition) is 8. The molecule has 3 aromatic heterocycles. The summed E-state index contributed by atoms with van der Waals surface area (Å²) in [6, 6.07) is -0.690. The Kier molecular flexibility index (Phi) is 6.47. The standard InChI is InChI=1S/C20H20ClFN6O4S/c1-9-14(21)10(2)25-15(9)17(29)26-12-3-6-28(8-11(12)22)19-27-16(13-7-23-4-5-24-13)18(33-19)32-20(30)31/h4-5,7,11-12,25H,3,6,8H2,1-2H3,(H,26,29)(H,30,31)/t11-,12+/m0/s1. The molecule has 4 rings (SSSR count). The number of aromatic amines is 1. The molecule has 0 unspecified atom stereocenters. The quantitative estimate of drug-likeness (QED) is 0.458. The Balaban J connectivity index is 1.48. The van der Waals surface area contributed by atoms with Gasteiger partial charge in [-0.15, -0.1) is 0 Å². The van der Waals surface area contributed by atoms with Gasteiger partial charge in [0.2, 0.25) is 5.06 Å². The topological polar surface area (TPSA) is 133 Å². The number of nitrogens with one attached hydrogen (secondary N) is 2. The Labute approximate surface area is 196 Å². The van der Waals surface area contributed by atoms with Gasteiger partial charge < -0.3 is 25.0 Å². The van der Waals surface area contributed by atoms with E-state index in [2.05, 4.69) is 25.3 Å². The summed E-state index contributed by atoms with van der Waals surface area (Å²) >= 11 is 7.12. The third kappa shape index (κ3) is 4.76. The summed E-state index contributed by atoms with van der Waals surface area (Å²) in [5.74, 6) is -0.417. The van der Waals surface area contributed by atoms with Crippen LogP contribution in [0.4, 0.5) is 14.3 Å². The molecule has 1 fully saturated rings. The van der Waals surface area contributed by atoms with Crippen molar-refractivity contribution >= 4 is 40.1 Å². The number of aromatic nitrogens is 4. The fraction of sp³-hybridized carbons (Fsp3) is 0.350. The molecule has 2 atom stereocenters. The molecule has 1 aliphatic rings. The van der Waals surface area contributed by atoms with Crippen molar-refractivity contribution in [2.75, 3.05) is 18.0 Å². The zero-order valence-electron chi connectivity index (χ0n) is 17.6. The zero-order valence-corrected chi connectivity index (χ0v) is 19.2. The number of nitrogens with zero attached hydrogens (tertiary/aromatic N) is 4. The molecule has 1 aliphatic heterocycles. The van der Waals surface area contributed by atoms with Gasteiger partial charge in [-0.2, -0.15) is 0 Å². The minimum Gasteiger partial charge on any atom is -0.449 e. The van der Waals surface area contributed by atoms with E-state index in [-0.39, 0.29) is 17.3 Å². The van der Waals surface area contributed by atoms with Crippen molar-refractivity contribution in [3.63, 3.8) is 0 Å². The van der Waals surface area contributed by atoms with E-state index in [4.69, 9.17) is 21.4 Å². The molecule has 3 N–H and O–H groups in total. The molecular weight excluding hydrogens is 475 g/mol. The Morgan fingerprint density at radius 1 is 1.39 bits per heavy atom. The van der Waals surface area contributed by atoms with Crippen LogP contribution in [-0.4, -0.2) is 62.4 Å². The van der Waals surface area contributed by atoms with Crippen LogP contribution >= 0.6 is 22.9 Å². The summed E-state index contributed by atoms with van der Waals surface area (Å²) in [6.07, 6.45) is 1.83. The number of H-pyrrole nitrogens is 1. The molecule has 174 valence electrons. The Hall–Kier alpha value is -3.25. The summed E-state index contributed by atoms with van der Waals surface area (Å²) in [5, 5.41) is 12.7. The first kappa shape index (κ1) is 22.9. The summed E-state index contributed by atoms with van der Waals surface area (Å²) in [7, 11) is 0. The second-order valence-electron chi connectivity index (χ2n) is 7.49. The molecule has 3 aromatic rings. The fourth-order valence-electron chi connectivity index (χ4n) is 3.60. The van der Waals surface area contributed by atoms with Crippen molar-refractivity contribution in [3.8, 4) is 16.5 Å². The number of piperidine rings is 1. The normalized spacial score (nSPS) is 18.2. The summed E-state index contributed by atoms with van der Waals surface area (Å²) in [4.78, 5) is 40.9. The molecule has 0 radical (unpaired) electrons. The molecule has 33 heavy (non-hydrogen) atoms. The maximum absolute atomic E-state index is 15.0. The van der Waals surface area contributed by atoms with E-state index in [9.17, 15) is 9.59 Å². The van der Waals surface area contributed by atoms with Gasteiger partial charge >= 0.3 is 6.16 Å². The van der Waals surface area contributed by atoms with Gasteiger partial charge in [0, 0.05) is 24.6 Å². The third-order valence-corrected chi connectivity index (χ3v) is 6.83. The summed E-state index contributed by atoms with van der Waals surface area (Å²) in [6.45, 7) is 3.85. The van der Waals surface area contributed by atoms with Crippen LogP contribution in [0, 0.1) is 13.8 Å². The Morgan fingerprint density at radius 2 is 2.18 bits per heavy atom. The van der Waals surface area contributed by atoms with Crippen molar-refractivity contribution in [3.05, 3.63) is 40.6 Å². The number of anilines is 1. The molecule has 0 aliphatic carbocycles. The predicted octanol–water partition coefficient (Wildman–Crippen LogP) is 3.60. The highest BCUT2D eigenvalue weighted by Crippen LogP contribution is 2.39. The lowest BCUT2D eigenvalue weighted by Crippen LogP contribution is -2.52. The average molecular weight is 495 g/mol. The first-order chi connectivity index (χ1) is 15.7. The highest BCUT2D eigenvalue weighted by molar-refractivity contribution is 7.18. The van der Waals surface area contributed by atoms with Crippen molar-refractivity contribution in [1.29, 1.82) is 0 Å². The van der Waals surface area contributed by atoms with Crippen LogP contribution in [0.25, 0.3) is 11.4 Å². The second-order valence-corrected chi connectivity index (χ2v) is 8.80. The number of ether oxygens (including phenoxy) is 1. The van der Waals surface area contributed by atoms with Crippen LogP contribution in [0.3, 0.4) is 0 Å². The number of hydrogen-bond donors (Lipinski definition) is 3. The number of carbonyl (C=O) groups excluding carboxylic acids is 1. The summed E-state index contributed by atoms with van der Waals surface area (Å²) < 4.78 is 19.9. The van der Waals surface area contributed by atoms with Crippen molar-refractivity contribution < 1.29 is 23.8 Å². The van der Waals surface area contributed by atoms with E-state index in [0.29, 0.717) is 45.8 Å². The van der Waals surface area contributed by atoms with Crippen LogP contribution in [0.15, 0.2) is 18.6 Å². The first-order valence-corrected chi connectivity index (χ1v) is 11.2. The number of amides is 1. The predicted molar refractivity (Wildman–Crippen MR) is 120 cm³/mol. The van der Waals surface area contributed by atoms with Crippen LogP contribution in [0.1, 0.15) is 28.2 Å². The van der Waals surface area contributed by atoms with E-state index in [1.54, 1.807) is 18.7 Å². The van der Waals surface area contributed by atoms with Crippen molar-refractivity contribution in [2.24, 2.45) is 0 Å². The van der Waals surface area contributed by atoms with Gasteiger partial charge in [0.05, 0.1) is 23.8 Å². The largest absolute Gasteiger partial charge is 0.512 e. The smallest absolute Gasteiger partial charge is 0.449 e. The second kappa shape index (κ2) is 9.32. The van der Waals surface area contributed by atoms with Crippen LogP contribution in [-0.2, 0) is 0 Å². The lowest BCUT2D eigenvalue weighted by atomic mass is 10.0. The molecule has 10 nitrogen and oxygen atoms in total. The number of thiazole rings is 1. The Morgan fingerprint density at radius 3 is 2.79 bits per heavy atom. The van der Waals surface area contributed by atoms with E-state index < -0.39 is 24.3 Å². The number of aryl methyl sites for hydroxylation is 1. The van der Waals surface area contributed by atoms with Gasteiger partial charge in [-0.3, -0.25) is 14.8 Å². The van der Waals surface area contributed by atoms with Crippen molar-refractivity contribution in [1.82, 2.24) is 25.3 Å². The maximum Gasteiger partial charge on any atom is 0.512 e. The van der Waals surface area contributed by atoms with E-state index in [1.807, 2.05) is 0 Å². The van der Waals surface area contributed by atoms with Crippen LogP contribution < -0.4 is 15.0 Å². The SMILES string of the molecule is Cc1[nH]c(C(=O)N[C@@H]2CCN(c3nc(-c4cnccn4)c(OC(=O)O)s3)C[C@@H]2F)c(C)c1Cl. The number of carboxylic acid groups (broad SMARTS) is 1. The third-order valence-electron chi connectivity index (χ3n) is 5.27. The molecule has 13 heteroatoms. The van der Waals surface area contributed by atoms with Gasteiger partial charge in [-0.05, 0) is 25.8 Å². The van der Waals surface area contributed by atoms with Gasteiger partial charge in [0.15, 0.2) is 5.13 Å². The molecule has 0 spiro atoms. The summed E-state index contributed by atoms with van der Waals surface area (Å²) in [5.41, 5.74) is 2.16. The molecule has 1 amide bonds. The minimum absolute atomic E-state index is 0.0262.